The second-order valence-electron chi connectivity index (χ2n) is 5.15. The number of rotatable bonds is 4. The van der Waals surface area contributed by atoms with Crippen molar-refractivity contribution in [2.24, 2.45) is 7.05 Å². The number of carbonyl (C=O) groups is 1. The van der Waals surface area contributed by atoms with Crippen LogP contribution in [0.1, 0.15) is 15.9 Å². The second kappa shape index (κ2) is 6.39. The van der Waals surface area contributed by atoms with Crippen molar-refractivity contribution in [3.63, 3.8) is 0 Å². The van der Waals surface area contributed by atoms with Crippen molar-refractivity contribution < 1.29 is 9.18 Å². The molecule has 2 heterocycles. The second-order valence-corrected chi connectivity index (χ2v) is 5.15. The Kier molecular flexibility index (Phi) is 4.14. The fourth-order valence-electron chi connectivity index (χ4n) is 2.17. The zero-order valence-electron chi connectivity index (χ0n) is 12.5. The number of pyridine rings is 1. The Morgan fingerprint density at radius 2 is 2.13 bits per heavy atom. The molecule has 1 aromatic carbocycles. The number of aromatic nitrogens is 3. The van der Waals surface area contributed by atoms with Gasteiger partial charge in [-0.3, -0.25) is 14.5 Å². The van der Waals surface area contributed by atoms with Gasteiger partial charge < -0.3 is 5.32 Å². The van der Waals surface area contributed by atoms with Gasteiger partial charge in [0.1, 0.15) is 5.82 Å². The lowest BCUT2D eigenvalue weighted by Crippen LogP contribution is -2.22. The maximum atomic E-state index is 13.1. The van der Waals surface area contributed by atoms with Gasteiger partial charge in [0.2, 0.25) is 0 Å². The zero-order chi connectivity index (χ0) is 16.2. The molecule has 0 saturated heterocycles. The molecular formula is C17H15FN4O. The van der Waals surface area contributed by atoms with Crippen LogP contribution < -0.4 is 5.32 Å². The molecule has 3 aromatic rings. The molecule has 3 rings (SSSR count). The van der Waals surface area contributed by atoms with Gasteiger partial charge in [-0.15, -0.1) is 0 Å². The minimum absolute atomic E-state index is 0.296. The van der Waals surface area contributed by atoms with E-state index in [1.54, 1.807) is 23.1 Å². The monoisotopic (exact) mass is 310 g/mol. The van der Waals surface area contributed by atoms with Gasteiger partial charge in [-0.2, -0.15) is 5.10 Å². The number of nitrogens with zero attached hydrogens (tertiary/aromatic N) is 3. The molecule has 0 unspecified atom stereocenters. The number of aryl methyl sites for hydroxylation is 1. The summed E-state index contributed by atoms with van der Waals surface area (Å²) >= 11 is 0. The first-order valence-electron chi connectivity index (χ1n) is 7.09. The summed E-state index contributed by atoms with van der Waals surface area (Å²) in [6, 6.07) is 9.36. The van der Waals surface area contributed by atoms with Gasteiger partial charge in [0.05, 0.1) is 11.9 Å². The molecule has 0 aliphatic carbocycles. The molecule has 2 aromatic heterocycles. The van der Waals surface area contributed by atoms with Gasteiger partial charge in [0.15, 0.2) is 0 Å². The number of hydrogen-bond acceptors (Lipinski definition) is 3. The van der Waals surface area contributed by atoms with E-state index in [1.807, 2.05) is 25.4 Å². The molecular weight excluding hydrogens is 295 g/mol. The van der Waals surface area contributed by atoms with E-state index in [-0.39, 0.29) is 5.91 Å². The lowest BCUT2D eigenvalue weighted by atomic mass is 10.2. The molecule has 0 saturated carbocycles. The van der Waals surface area contributed by atoms with E-state index in [2.05, 4.69) is 15.4 Å². The van der Waals surface area contributed by atoms with E-state index in [0.717, 1.165) is 16.8 Å². The fourth-order valence-corrected chi connectivity index (χ4v) is 2.17. The van der Waals surface area contributed by atoms with Crippen LogP contribution in [0, 0.1) is 5.82 Å². The molecule has 0 bridgehead atoms. The van der Waals surface area contributed by atoms with Crippen LogP contribution in [0.15, 0.2) is 55.0 Å². The summed E-state index contributed by atoms with van der Waals surface area (Å²) < 4.78 is 14.8. The van der Waals surface area contributed by atoms with Crippen LogP contribution in [0.4, 0.5) is 4.39 Å². The quantitative estimate of drug-likeness (QED) is 0.805. The third kappa shape index (κ3) is 3.60. The van der Waals surface area contributed by atoms with E-state index in [0.29, 0.717) is 12.1 Å². The van der Waals surface area contributed by atoms with E-state index >= 15 is 0 Å². The van der Waals surface area contributed by atoms with Crippen LogP contribution in [0.5, 0.6) is 0 Å². The molecule has 116 valence electrons. The Bertz CT molecular complexity index is 827. The van der Waals surface area contributed by atoms with Crippen molar-refractivity contribution in [3.05, 3.63) is 71.9 Å². The molecule has 23 heavy (non-hydrogen) atoms. The predicted molar refractivity (Wildman–Crippen MR) is 84.0 cm³/mol. The number of halogens is 1. The maximum absolute atomic E-state index is 13.1. The summed E-state index contributed by atoms with van der Waals surface area (Å²) in [6.45, 7) is 0.329. The van der Waals surface area contributed by atoms with Gasteiger partial charge in [-0.05, 0) is 29.8 Å². The van der Waals surface area contributed by atoms with Crippen LogP contribution >= 0.6 is 0 Å². The van der Waals surface area contributed by atoms with Crippen molar-refractivity contribution in [2.45, 2.75) is 6.54 Å². The summed E-state index contributed by atoms with van der Waals surface area (Å²) in [5, 5.41) is 6.85. The van der Waals surface area contributed by atoms with Crippen LogP contribution in [-0.2, 0) is 13.6 Å². The van der Waals surface area contributed by atoms with E-state index in [9.17, 15) is 9.18 Å². The first-order chi connectivity index (χ1) is 11.1. The average molecular weight is 310 g/mol. The topological polar surface area (TPSA) is 59.8 Å². The van der Waals surface area contributed by atoms with Crippen molar-refractivity contribution >= 4 is 5.91 Å². The van der Waals surface area contributed by atoms with E-state index in [4.69, 9.17) is 0 Å². The Labute approximate surface area is 132 Å². The van der Waals surface area contributed by atoms with Crippen molar-refractivity contribution in [3.8, 4) is 11.3 Å². The normalized spacial score (nSPS) is 10.5. The van der Waals surface area contributed by atoms with Gasteiger partial charge >= 0.3 is 0 Å². The molecule has 0 fully saturated rings. The molecule has 0 spiro atoms. The minimum Gasteiger partial charge on any atom is -0.348 e. The van der Waals surface area contributed by atoms with Crippen LogP contribution in [0.25, 0.3) is 11.3 Å². The molecule has 1 N–H and O–H groups in total. The highest BCUT2D eigenvalue weighted by Gasteiger charge is 2.07. The number of carbonyl (C=O) groups excluding carboxylic acids is 1. The minimum atomic E-state index is -0.430. The zero-order valence-corrected chi connectivity index (χ0v) is 12.5. The molecule has 1 amide bonds. The summed E-state index contributed by atoms with van der Waals surface area (Å²) in [6.07, 6.45) is 5.33. The summed E-state index contributed by atoms with van der Waals surface area (Å²) in [5.41, 5.74) is 2.91. The van der Waals surface area contributed by atoms with Gasteiger partial charge in [0.25, 0.3) is 5.91 Å². The fraction of sp³-hybridized carbons (Fsp3) is 0.118. The summed E-state index contributed by atoms with van der Waals surface area (Å²) in [7, 11) is 1.85. The molecule has 0 radical (unpaired) electrons. The maximum Gasteiger partial charge on any atom is 0.251 e. The first kappa shape index (κ1) is 14.9. The third-order valence-electron chi connectivity index (χ3n) is 3.37. The Balaban J connectivity index is 1.63. The number of amides is 1. The van der Waals surface area contributed by atoms with E-state index in [1.165, 1.54) is 18.2 Å². The van der Waals surface area contributed by atoms with Crippen molar-refractivity contribution in [2.75, 3.05) is 0 Å². The molecule has 0 aliphatic rings. The van der Waals surface area contributed by atoms with Gasteiger partial charge in [0, 0.05) is 37.1 Å². The van der Waals surface area contributed by atoms with Crippen LogP contribution in [-0.4, -0.2) is 20.7 Å². The van der Waals surface area contributed by atoms with Crippen LogP contribution in [0.2, 0.25) is 0 Å². The molecule has 0 atom stereocenters. The van der Waals surface area contributed by atoms with Crippen LogP contribution in [0.3, 0.4) is 0 Å². The van der Waals surface area contributed by atoms with E-state index < -0.39 is 5.82 Å². The first-order valence-corrected chi connectivity index (χ1v) is 7.09. The van der Waals surface area contributed by atoms with Crippen molar-refractivity contribution in [1.82, 2.24) is 20.1 Å². The number of hydrogen-bond donors (Lipinski definition) is 1. The molecule has 6 heteroatoms. The SMILES string of the molecule is Cn1cc(-c2ccc(CNC(=O)c3cccc(F)c3)cn2)cn1. The highest BCUT2D eigenvalue weighted by molar-refractivity contribution is 5.94. The van der Waals surface area contributed by atoms with Crippen molar-refractivity contribution in [1.29, 1.82) is 0 Å². The standard InChI is InChI=1S/C17H15FN4O/c1-22-11-14(10-21-22)16-6-5-12(8-19-16)9-20-17(23)13-3-2-4-15(18)7-13/h2-8,10-11H,9H2,1H3,(H,20,23). The predicted octanol–water partition coefficient (Wildman–Crippen LogP) is 2.55. The van der Waals surface area contributed by atoms with Gasteiger partial charge in [-0.25, -0.2) is 4.39 Å². The average Bonchev–Trinajstić information content (AvgIpc) is 2.99. The highest BCUT2D eigenvalue weighted by atomic mass is 19.1. The summed E-state index contributed by atoms with van der Waals surface area (Å²) in [4.78, 5) is 16.3. The smallest absolute Gasteiger partial charge is 0.251 e. The Hall–Kier alpha value is -3.02. The highest BCUT2D eigenvalue weighted by Crippen LogP contribution is 2.15. The van der Waals surface area contributed by atoms with Gasteiger partial charge in [-0.1, -0.05) is 12.1 Å². The molecule has 5 nitrogen and oxygen atoms in total. The lowest BCUT2D eigenvalue weighted by Gasteiger charge is -2.06. The number of benzene rings is 1. The Morgan fingerprint density at radius 1 is 1.26 bits per heavy atom. The largest absolute Gasteiger partial charge is 0.348 e. The number of nitrogens with one attached hydrogen (secondary N) is 1. The molecule has 0 aliphatic heterocycles. The third-order valence-corrected chi connectivity index (χ3v) is 3.37. The summed E-state index contributed by atoms with van der Waals surface area (Å²) in [5.74, 6) is -0.749. The lowest BCUT2D eigenvalue weighted by molar-refractivity contribution is 0.0950. The Morgan fingerprint density at radius 3 is 2.78 bits per heavy atom.